The number of benzene rings is 2. The minimum atomic E-state index is -0.616. The van der Waals surface area contributed by atoms with Crippen molar-refractivity contribution in [2.75, 3.05) is 0 Å². The van der Waals surface area contributed by atoms with E-state index in [1.54, 1.807) is 36.7 Å². The highest BCUT2D eigenvalue weighted by molar-refractivity contribution is 8.27. The molecule has 1 fully saturated rings. The van der Waals surface area contributed by atoms with Crippen molar-refractivity contribution in [3.63, 3.8) is 0 Å². The third-order valence-electron chi connectivity index (χ3n) is 4.65. The summed E-state index contributed by atoms with van der Waals surface area (Å²) in [6, 6.07) is 20.0. The van der Waals surface area contributed by atoms with Crippen LogP contribution < -0.4 is 0 Å². The number of thioether (sulfide) groups is 1. The van der Waals surface area contributed by atoms with Crippen LogP contribution in [-0.2, 0) is 0 Å². The molecular formula is C22H16ClN3O2S. The molecule has 4 rings (SSSR count). The number of oxime groups is 1. The molecule has 2 aromatic carbocycles. The van der Waals surface area contributed by atoms with E-state index in [-0.39, 0.29) is 5.78 Å². The number of nitrogens with zero attached hydrogens (tertiary/aromatic N) is 3. The van der Waals surface area contributed by atoms with Crippen LogP contribution in [0, 0.1) is 5.92 Å². The molecular weight excluding hydrogens is 406 g/mol. The SMILES string of the molecule is O=C(c1ccncc1)C1C(=Nc2ccccc2)SC(=NO)C1c1ccc(Cl)cc1. The smallest absolute Gasteiger partial charge is 0.173 e. The summed E-state index contributed by atoms with van der Waals surface area (Å²) in [7, 11) is 0. The number of halogens is 1. The number of carbonyl (C=O) groups excluding carboxylic acids is 1. The minimum Gasteiger partial charge on any atom is -0.410 e. The number of aromatic nitrogens is 1. The zero-order valence-corrected chi connectivity index (χ0v) is 16.7. The number of ketones is 1. The van der Waals surface area contributed by atoms with E-state index in [9.17, 15) is 10.0 Å². The molecule has 2 heterocycles. The quantitative estimate of drug-likeness (QED) is 0.339. The van der Waals surface area contributed by atoms with Crippen molar-refractivity contribution in [3.8, 4) is 0 Å². The number of pyridine rings is 1. The molecule has 0 spiro atoms. The van der Waals surface area contributed by atoms with Gasteiger partial charge in [0.2, 0.25) is 0 Å². The van der Waals surface area contributed by atoms with E-state index in [4.69, 9.17) is 16.6 Å². The molecule has 3 aromatic rings. The first-order valence-electron chi connectivity index (χ1n) is 8.90. The Bertz CT molecular complexity index is 1070. The average molecular weight is 422 g/mol. The lowest BCUT2D eigenvalue weighted by atomic mass is 9.82. The number of hydrogen-bond acceptors (Lipinski definition) is 6. The third-order valence-corrected chi connectivity index (χ3v) is 6.00. The number of hydrogen-bond donors (Lipinski definition) is 1. The molecule has 0 radical (unpaired) electrons. The maximum absolute atomic E-state index is 13.5. The molecule has 144 valence electrons. The van der Waals surface area contributed by atoms with Crippen molar-refractivity contribution in [2.45, 2.75) is 5.92 Å². The van der Waals surface area contributed by atoms with E-state index in [1.165, 1.54) is 11.8 Å². The second kappa shape index (κ2) is 8.59. The maximum atomic E-state index is 13.5. The molecule has 1 aliphatic rings. The number of Topliss-reactive ketones (excluding diaryl/α,β-unsaturated/α-hetero) is 1. The van der Waals surface area contributed by atoms with Crippen LogP contribution in [0.15, 0.2) is 89.3 Å². The van der Waals surface area contributed by atoms with Gasteiger partial charge in [-0.1, -0.05) is 58.9 Å². The molecule has 29 heavy (non-hydrogen) atoms. The number of carbonyl (C=O) groups is 1. The van der Waals surface area contributed by atoms with Crippen molar-refractivity contribution in [3.05, 3.63) is 95.3 Å². The first kappa shape index (κ1) is 19.4. The van der Waals surface area contributed by atoms with Gasteiger partial charge in [-0.05, 0) is 42.0 Å². The zero-order chi connectivity index (χ0) is 20.2. The fourth-order valence-electron chi connectivity index (χ4n) is 3.29. The van der Waals surface area contributed by atoms with Gasteiger partial charge >= 0.3 is 0 Å². The number of aliphatic imine (C=N–C) groups is 1. The lowest BCUT2D eigenvalue weighted by molar-refractivity contribution is 0.0952. The Morgan fingerprint density at radius 2 is 1.66 bits per heavy atom. The molecule has 0 aliphatic carbocycles. The van der Waals surface area contributed by atoms with Gasteiger partial charge in [0.25, 0.3) is 0 Å². The van der Waals surface area contributed by atoms with E-state index in [0.717, 1.165) is 11.3 Å². The Kier molecular flexibility index (Phi) is 5.74. The molecule has 7 heteroatoms. The summed E-state index contributed by atoms with van der Waals surface area (Å²) in [5.74, 6) is -1.17. The molecule has 0 bridgehead atoms. The van der Waals surface area contributed by atoms with Gasteiger partial charge in [0, 0.05) is 23.0 Å². The summed E-state index contributed by atoms with van der Waals surface area (Å²) in [6.45, 7) is 0. The van der Waals surface area contributed by atoms with E-state index in [0.29, 0.717) is 20.7 Å². The Hall–Kier alpha value is -2.96. The van der Waals surface area contributed by atoms with E-state index < -0.39 is 11.8 Å². The molecule has 0 amide bonds. The lowest BCUT2D eigenvalue weighted by Gasteiger charge is -2.18. The predicted octanol–water partition coefficient (Wildman–Crippen LogP) is 5.58. The fourth-order valence-corrected chi connectivity index (χ4v) is 4.59. The van der Waals surface area contributed by atoms with Gasteiger partial charge in [-0.25, -0.2) is 4.99 Å². The molecule has 1 N–H and O–H groups in total. The Morgan fingerprint density at radius 1 is 0.966 bits per heavy atom. The fraction of sp³-hybridized carbons (Fsp3) is 0.0909. The lowest BCUT2D eigenvalue weighted by Crippen LogP contribution is -2.25. The van der Waals surface area contributed by atoms with Crippen molar-refractivity contribution in [1.29, 1.82) is 0 Å². The van der Waals surface area contributed by atoms with E-state index in [2.05, 4.69) is 10.1 Å². The van der Waals surface area contributed by atoms with Crippen LogP contribution in [0.1, 0.15) is 21.8 Å². The monoisotopic (exact) mass is 421 g/mol. The standard InChI is InChI=1S/C22H16ClN3O2S/c23-16-8-6-14(7-9-16)18-19(20(27)15-10-12-24-13-11-15)21(29-22(18)26-28)25-17-4-2-1-3-5-17/h1-13,18-19,28H. The van der Waals surface area contributed by atoms with Crippen molar-refractivity contribution < 1.29 is 10.0 Å². The summed E-state index contributed by atoms with van der Waals surface area (Å²) in [6.07, 6.45) is 3.17. The molecule has 1 aliphatic heterocycles. The minimum absolute atomic E-state index is 0.104. The van der Waals surface area contributed by atoms with Crippen LogP contribution in [0.3, 0.4) is 0 Å². The molecule has 2 unspecified atom stereocenters. The Morgan fingerprint density at radius 3 is 2.31 bits per heavy atom. The van der Waals surface area contributed by atoms with Crippen molar-refractivity contribution >= 4 is 44.9 Å². The summed E-state index contributed by atoms with van der Waals surface area (Å²) in [4.78, 5) is 22.2. The van der Waals surface area contributed by atoms with Crippen molar-refractivity contribution in [1.82, 2.24) is 4.98 Å². The summed E-state index contributed by atoms with van der Waals surface area (Å²) in [5.41, 5.74) is 2.10. The van der Waals surface area contributed by atoms with Crippen LogP contribution in [0.4, 0.5) is 5.69 Å². The van der Waals surface area contributed by atoms with Crippen molar-refractivity contribution in [2.24, 2.45) is 16.1 Å². The summed E-state index contributed by atoms with van der Waals surface area (Å²) < 4.78 is 0. The van der Waals surface area contributed by atoms with E-state index >= 15 is 0 Å². The first-order chi connectivity index (χ1) is 14.2. The number of para-hydroxylation sites is 1. The Balaban J connectivity index is 1.84. The molecule has 1 saturated heterocycles. The van der Waals surface area contributed by atoms with Crippen LogP contribution in [0.5, 0.6) is 0 Å². The van der Waals surface area contributed by atoms with Gasteiger partial charge in [0.15, 0.2) is 5.78 Å². The highest BCUT2D eigenvalue weighted by Crippen LogP contribution is 2.44. The zero-order valence-electron chi connectivity index (χ0n) is 15.1. The van der Waals surface area contributed by atoms with Crippen LogP contribution in [0.2, 0.25) is 5.02 Å². The molecule has 0 saturated carbocycles. The van der Waals surface area contributed by atoms with Crippen LogP contribution in [-0.4, -0.2) is 26.1 Å². The number of rotatable bonds is 4. The van der Waals surface area contributed by atoms with Gasteiger partial charge in [-0.15, -0.1) is 0 Å². The molecule has 1 aromatic heterocycles. The summed E-state index contributed by atoms with van der Waals surface area (Å²) >= 11 is 7.26. The Labute approximate surface area is 177 Å². The molecule has 5 nitrogen and oxygen atoms in total. The largest absolute Gasteiger partial charge is 0.410 e. The average Bonchev–Trinajstić information content (AvgIpc) is 3.13. The van der Waals surface area contributed by atoms with Gasteiger partial charge < -0.3 is 5.21 Å². The second-order valence-corrected chi connectivity index (χ2v) is 7.91. The molecule has 2 atom stereocenters. The van der Waals surface area contributed by atoms with Crippen LogP contribution >= 0.6 is 23.4 Å². The third kappa shape index (κ3) is 4.09. The van der Waals surface area contributed by atoms with Crippen LogP contribution in [0.25, 0.3) is 0 Å². The topological polar surface area (TPSA) is 74.9 Å². The maximum Gasteiger partial charge on any atom is 0.173 e. The van der Waals surface area contributed by atoms with Gasteiger partial charge in [0.1, 0.15) is 5.04 Å². The normalized spacial score (nSPS) is 21.6. The van der Waals surface area contributed by atoms with Gasteiger partial charge in [-0.3, -0.25) is 9.78 Å². The van der Waals surface area contributed by atoms with Gasteiger partial charge in [0.05, 0.1) is 22.6 Å². The van der Waals surface area contributed by atoms with Gasteiger partial charge in [-0.2, -0.15) is 0 Å². The first-order valence-corrected chi connectivity index (χ1v) is 10.1. The van der Waals surface area contributed by atoms with E-state index in [1.807, 2.05) is 42.5 Å². The highest BCUT2D eigenvalue weighted by atomic mass is 35.5. The second-order valence-electron chi connectivity index (χ2n) is 6.43. The summed E-state index contributed by atoms with van der Waals surface area (Å²) in [5, 5.41) is 14.8. The highest BCUT2D eigenvalue weighted by Gasteiger charge is 2.45. The predicted molar refractivity (Wildman–Crippen MR) is 117 cm³/mol.